The van der Waals surface area contributed by atoms with E-state index in [1.54, 1.807) is 6.20 Å². The lowest BCUT2D eigenvalue weighted by molar-refractivity contribution is 0.290. The summed E-state index contributed by atoms with van der Waals surface area (Å²) in [7, 11) is 0. The summed E-state index contributed by atoms with van der Waals surface area (Å²) >= 11 is 0. The third-order valence-corrected chi connectivity index (χ3v) is 3.20. The van der Waals surface area contributed by atoms with Gasteiger partial charge in [-0.05, 0) is 35.7 Å². The lowest BCUT2D eigenvalue weighted by atomic mass is 10.0. The van der Waals surface area contributed by atoms with Gasteiger partial charge in [-0.1, -0.05) is 25.1 Å². The van der Waals surface area contributed by atoms with Crippen LogP contribution in [-0.2, 0) is 6.42 Å². The maximum absolute atomic E-state index is 5.85. The van der Waals surface area contributed by atoms with Crippen LogP contribution in [0.3, 0.4) is 0 Å². The van der Waals surface area contributed by atoms with Gasteiger partial charge in [0, 0.05) is 24.9 Å². The maximum atomic E-state index is 5.85. The van der Waals surface area contributed by atoms with E-state index in [1.165, 1.54) is 5.56 Å². The molecular formula is C16H20N2O. The number of aromatic nitrogens is 1. The summed E-state index contributed by atoms with van der Waals surface area (Å²) in [4.78, 5) is 4.12. The molecule has 0 fully saturated rings. The van der Waals surface area contributed by atoms with Gasteiger partial charge >= 0.3 is 0 Å². The van der Waals surface area contributed by atoms with Crippen LogP contribution in [0.1, 0.15) is 24.0 Å². The number of hydrogen-bond donors (Lipinski definition) is 1. The molecule has 0 aliphatic heterocycles. The first-order valence-electron chi connectivity index (χ1n) is 6.65. The van der Waals surface area contributed by atoms with Crippen LogP contribution in [0.4, 0.5) is 0 Å². The van der Waals surface area contributed by atoms with Crippen LogP contribution in [0.2, 0.25) is 0 Å². The molecule has 1 aromatic heterocycles. The molecule has 3 heteroatoms. The Bertz CT molecular complexity index is 499. The predicted octanol–water partition coefficient (Wildman–Crippen LogP) is 2.77. The maximum Gasteiger partial charge on any atom is 0.119 e. The second-order valence-electron chi connectivity index (χ2n) is 4.53. The Morgan fingerprint density at radius 2 is 2.16 bits per heavy atom. The summed E-state index contributed by atoms with van der Waals surface area (Å²) < 4.78 is 5.85. The Hall–Kier alpha value is -1.87. The highest BCUT2D eigenvalue weighted by atomic mass is 16.5. The van der Waals surface area contributed by atoms with Crippen molar-refractivity contribution < 1.29 is 4.74 Å². The topological polar surface area (TPSA) is 48.1 Å². The van der Waals surface area contributed by atoms with Crippen LogP contribution in [0.25, 0.3) is 0 Å². The van der Waals surface area contributed by atoms with Crippen LogP contribution in [-0.4, -0.2) is 18.1 Å². The van der Waals surface area contributed by atoms with Crippen LogP contribution in [0, 0.1) is 0 Å². The van der Waals surface area contributed by atoms with Gasteiger partial charge in [-0.3, -0.25) is 4.98 Å². The van der Waals surface area contributed by atoms with Crippen molar-refractivity contribution in [1.29, 1.82) is 0 Å². The largest absolute Gasteiger partial charge is 0.493 e. The molecule has 0 saturated heterocycles. The van der Waals surface area contributed by atoms with E-state index in [-0.39, 0.29) is 5.92 Å². The van der Waals surface area contributed by atoms with Crippen LogP contribution in [0.15, 0.2) is 48.8 Å². The number of benzene rings is 1. The average molecular weight is 256 g/mol. The zero-order valence-electron chi connectivity index (χ0n) is 11.3. The Morgan fingerprint density at radius 1 is 1.26 bits per heavy atom. The van der Waals surface area contributed by atoms with E-state index in [0.29, 0.717) is 13.2 Å². The third kappa shape index (κ3) is 3.80. The number of rotatable bonds is 6. The number of hydrogen-bond acceptors (Lipinski definition) is 3. The molecule has 100 valence electrons. The van der Waals surface area contributed by atoms with E-state index in [4.69, 9.17) is 10.5 Å². The van der Waals surface area contributed by atoms with Gasteiger partial charge in [0.15, 0.2) is 0 Å². The molecule has 19 heavy (non-hydrogen) atoms. The van der Waals surface area contributed by atoms with Crippen molar-refractivity contribution >= 4 is 0 Å². The van der Waals surface area contributed by atoms with Gasteiger partial charge in [-0.25, -0.2) is 0 Å². The number of ether oxygens (including phenoxy) is 1. The molecule has 1 unspecified atom stereocenters. The smallest absolute Gasteiger partial charge is 0.119 e. The molecule has 0 aliphatic rings. The van der Waals surface area contributed by atoms with E-state index in [2.05, 4.69) is 24.0 Å². The number of pyridine rings is 1. The Balaban J connectivity index is 2.00. The second-order valence-corrected chi connectivity index (χ2v) is 4.53. The SMILES string of the molecule is CCc1cccc(OCC(CN)c2cccnc2)c1. The minimum atomic E-state index is 0.180. The molecular weight excluding hydrogens is 236 g/mol. The lowest BCUT2D eigenvalue weighted by Gasteiger charge is -2.16. The molecule has 1 heterocycles. The summed E-state index contributed by atoms with van der Waals surface area (Å²) in [5.41, 5.74) is 8.22. The van der Waals surface area contributed by atoms with Crippen molar-refractivity contribution in [2.24, 2.45) is 5.73 Å². The van der Waals surface area contributed by atoms with Gasteiger partial charge in [-0.2, -0.15) is 0 Å². The molecule has 0 spiro atoms. The molecule has 0 aliphatic carbocycles. The monoisotopic (exact) mass is 256 g/mol. The first-order valence-corrected chi connectivity index (χ1v) is 6.65. The van der Waals surface area contributed by atoms with Crippen molar-refractivity contribution in [3.63, 3.8) is 0 Å². The highest BCUT2D eigenvalue weighted by molar-refractivity contribution is 5.28. The summed E-state index contributed by atoms with van der Waals surface area (Å²) in [5.74, 6) is 1.08. The fraction of sp³-hybridized carbons (Fsp3) is 0.312. The molecule has 2 aromatic rings. The highest BCUT2D eigenvalue weighted by Gasteiger charge is 2.10. The van der Waals surface area contributed by atoms with Gasteiger partial charge in [0.05, 0.1) is 6.61 Å². The van der Waals surface area contributed by atoms with Crippen molar-refractivity contribution in [2.75, 3.05) is 13.2 Å². The van der Waals surface area contributed by atoms with E-state index >= 15 is 0 Å². The zero-order chi connectivity index (χ0) is 13.5. The molecule has 2 N–H and O–H groups in total. The van der Waals surface area contributed by atoms with Gasteiger partial charge in [0.1, 0.15) is 5.75 Å². The minimum absolute atomic E-state index is 0.180. The normalized spacial score (nSPS) is 12.1. The Kier molecular flexibility index (Phi) is 4.93. The van der Waals surface area contributed by atoms with Crippen LogP contribution >= 0.6 is 0 Å². The molecule has 0 radical (unpaired) electrons. The molecule has 2 rings (SSSR count). The van der Waals surface area contributed by atoms with Gasteiger partial charge in [-0.15, -0.1) is 0 Å². The van der Waals surface area contributed by atoms with E-state index in [1.807, 2.05) is 30.5 Å². The van der Waals surface area contributed by atoms with Gasteiger partial charge < -0.3 is 10.5 Å². The summed E-state index contributed by atoms with van der Waals surface area (Å²) in [6, 6.07) is 12.2. The molecule has 1 aromatic carbocycles. The Labute approximate surface area is 114 Å². The molecule has 1 atom stereocenters. The van der Waals surface area contributed by atoms with Crippen molar-refractivity contribution in [3.8, 4) is 5.75 Å². The Morgan fingerprint density at radius 3 is 2.84 bits per heavy atom. The van der Waals surface area contributed by atoms with Crippen molar-refractivity contribution in [2.45, 2.75) is 19.3 Å². The first-order chi connectivity index (χ1) is 9.33. The van der Waals surface area contributed by atoms with E-state index < -0.39 is 0 Å². The first kappa shape index (κ1) is 13.6. The van der Waals surface area contributed by atoms with Gasteiger partial charge in [0.2, 0.25) is 0 Å². The minimum Gasteiger partial charge on any atom is -0.493 e. The second kappa shape index (κ2) is 6.90. The zero-order valence-corrected chi connectivity index (χ0v) is 11.3. The fourth-order valence-electron chi connectivity index (χ4n) is 1.97. The number of nitrogens with two attached hydrogens (primary N) is 1. The number of aryl methyl sites for hydroxylation is 1. The predicted molar refractivity (Wildman–Crippen MR) is 77.3 cm³/mol. The van der Waals surface area contributed by atoms with Crippen LogP contribution < -0.4 is 10.5 Å². The molecule has 0 bridgehead atoms. The lowest BCUT2D eigenvalue weighted by Crippen LogP contribution is -2.19. The molecule has 0 saturated carbocycles. The summed E-state index contributed by atoms with van der Waals surface area (Å²) in [5, 5.41) is 0. The standard InChI is InChI=1S/C16H20N2O/c1-2-13-5-3-7-16(9-13)19-12-15(10-17)14-6-4-8-18-11-14/h3-9,11,15H,2,10,12,17H2,1H3. The van der Waals surface area contributed by atoms with Gasteiger partial charge in [0.25, 0.3) is 0 Å². The molecule has 3 nitrogen and oxygen atoms in total. The highest BCUT2D eigenvalue weighted by Crippen LogP contribution is 2.18. The van der Waals surface area contributed by atoms with Crippen LogP contribution in [0.5, 0.6) is 5.75 Å². The van der Waals surface area contributed by atoms with Crippen molar-refractivity contribution in [3.05, 3.63) is 59.9 Å². The average Bonchev–Trinajstić information content (AvgIpc) is 2.49. The van der Waals surface area contributed by atoms with E-state index in [9.17, 15) is 0 Å². The fourth-order valence-corrected chi connectivity index (χ4v) is 1.97. The van der Waals surface area contributed by atoms with Crippen molar-refractivity contribution in [1.82, 2.24) is 4.98 Å². The number of nitrogens with zero attached hydrogens (tertiary/aromatic N) is 1. The summed E-state index contributed by atoms with van der Waals surface area (Å²) in [6.45, 7) is 3.27. The molecule has 0 amide bonds. The van der Waals surface area contributed by atoms with E-state index in [0.717, 1.165) is 17.7 Å². The quantitative estimate of drug-likeness (QED) is 0.864. The third-order valence-electron chi connectivity index (χ3n) is 3.20. The summed E-state index contributed by atoms with van der Waals surface area (Å²) in [6.07, 6.45) is 4.63.